The first kappa shape index (κ1) is 24.5. The molecular weight excluding hydrogens is 496 g/mol. The molecule has 13 nitrogen and oxygen atoms in total. The average molecular weight is 516 g/mol. The zero-order valence-electron chi connectivity index (χ0n) is 18.6. The van der Waals surface area contributed by atoms with Gasteiger partial charge in [-0.2, -0.15) is 0 Å². The molecule has 0 spiro atoms. The molecule has 1 fully saturated rings. The maximum absolute atomic E-state index is 12.3. The Kier molecular flexibility index (Phi) is 6.01. The van der Waals surface area contributed by atoms with E-state index in [1.165, 1.54) is 6.07 Å². The van der Waals surface area contributed by atoms with Gasteiger partial charge in [-0.15, -0.1) is 0 Å². The van der Waals surface area contributed by atoms with Crippen molar-refractivity contribution in [3.05, 3.63) is 52.4 Å². The Bertz CT molecular complexity index is 1570. The van der Waals surface area contributed by atoms with E-state index in [1.54, 1.807) is 0 Å². The molecule has 13 heteroatoms. The van der Waals surface area contributed by atoms with E-state index in [9.17, 15) is 45.3 Å². The Hall–Kier alpha value is -4.14. The van der Waals surface area contributed by atoms with Crippen LogP contribution in [0, 0.1) is 0 Å². The molecule has 194 valence electrons. The third kappa shape index (κ3) is 4.14. The summed E-state index contributed by atoms with van der Waals surface area (Å²) in [5.74, 6) is -3.49. The van der Waals surface area contributed by atoms with Crippen molar-refractivity contribution in [2.75, 3.05) is 6.61 Å². The highest BCUT2D eigenvalue weighted by atomic mass is 16.7. The van der Waals surface area contributed by atoms with E-state index >= 15 is 0 Å². The second kappa shape index (κ2) is 9.06. The van der Waals surface area contributed by atoms with E-state index < -0.39 is 66.0 Å². The van der Waals surface area contributed by atoms with Gasteiger partial charge in [0.15, 0.2) is 28.4 Å². The standard InChI is InChI=1S/C24H20O13/c25-7-16-18(29)19(30)20(31)24(36-16)37-22-10-6-15(23(32)33)34-13-4-9(26)5-14(17(10)13)35-21(22)8-1-2-11(27)12(28)3-8/h1-6,16,18-20,24-25,27-31H,7H2,(H,32,33). The van der Waals surface area contributed by atoms with Crippen LogP contribution in [0.1, 0.15) is 10.6 Å². The molecule has 2 aromatic carbocycles. The summed E-state index contributed by atoms with van der Waals surface area (Å²) in [5, 5.41) is 69.9. The predicted molar refractivity (Wildman–Crippen MR) is 122 cm³/mol. The van der Waals surface area contributed by atoms with Crippen LogP contribution in [0.4, 0.5) is 0 Å². The van der Waals surface area contributed by atoms with Gasteiger partial charge in [-0.1, -0.05) is 0 Å². The molecular formula is C24H20O13. The molecule has 0 amide bonds. The van der Waals surface area contributed by atoms with Crippen molar-refractivity contribution < 1.29 is 58.8 Å². The fourth-order valence-corrected chi connectivity index (χ4v) is 4.16. The lowest BCUT2D eigenvalue weighted by molar-refractivity contribution is -0.277. The molecule has 0 saturated carbocycles. The summed E-state index contributed by atoms with van der Waals surface area (Å²) in [6.45, 7) is -0.730. The Morgan fingerprint density at radius 2 is 1.62 bits per heavy atom. The largest absolute Gasteiger partial charge is 0.504 e. The molecule has 0 radical (unpaired) electrons. The van der Waals surface area contributed by atoms with E-state index in [0.29, 0.717) is 0 Å². The fourth-order valence-electron chi connectivity index (χ4n) is 4.16. The topological polar surface area (TPSA) is 220 Å². The zero-order valence-corrected chi connectivity index (χ0v) is 18.6. The van der Waals surface area contributed by atoms with Crippen molar-refractivity contribution in [1.82, 2.24) is 0 Å². The molecule has 3 heterocycles. The minimum Gasteiger partial charge on any atom is -0.504 e. The van der Waals surface area contributed by atoms with E-state index in [4.69, 9.17) is 18.3 Å². The van der Waals surface area contributed by atoms with Crippen molar-refractivity contribution in [2.45, 2.75) is 30.7 Å². The molecule has 1 aliphatic rings. The number of aliphatic hydroxyl groups excluding tert-OH is 4. The Labute approximate surface area is 205 Å². The van der Waals surface area contributed by atoms with Crippen molar-refractivity contribution in [2.24, 2.45) is 0 Å². The molecule has 0 aliphatic carbocycles. The number of hydrogen-bond donors (Lipinski definition) is 7. The second-order valence-electron chi connectivity index (χ2n) is 8.40. The van der Waals surface area contributed by atoms with Crippen LogP contribution < -0.4 is 10.2 Å². The summed E-state index contributed by atoms with van der Waals surface area (Å²) in [4.78, 5) is 24.0. The molecule has 1 saturated heterocycles. The summed E-state index contributed by atoms with van der Waals surface area (Å²) < 4.78 is 22.6. The number of phenolic OH excluding ortho intramolecular Hbond substituents is 2. The fraction of sp³-hybridized carbons (Fsp3) is 0.250. The highest BCUT2D eigenvalue weighted by molar-refractivity contribution is 6.11. The van der Waals surface area contributed by atoms with Crippen LogP contribution in [0.2, 0.25) is 0 Å². The van der Waals surface area contributed by atoms with Gasteiger partial charge in [-0.3, -0.25) is 4.79 Å². The minimum atomic E-state index is -1.83. The van der Waals surface area contributed by atoms with Gasteiger partial charge >= 0.3 is 5.97 Å². The number of carboxylic acids is 1. The maximum Gasteiger partial charge on any atom is 0.371 e. The summed E-state index contributed by atoms with van der Waals surface area (Å²) in [7, 11) is 0. The molecule has 2 aromatic heterocycles. The lowest BCUT2D eigenvalue weighted by atomic mass is 9.99. The lowest BCUT2D eigenvalue weighted by Gasteiger charge is -2.39. The van der Waals surface area contributed by atoms with Crippen molar-refractivity contribution >= 4 is 27.9 Å². The van der Waals surface area contributed by atoms with E-state index in [0.717, 1.165) is 30.3 Å². The van der Waals surface area contributed by atoms with E-state index in [-0.39, 0.29) is 39.0 Å². The van der Waals surface area contributed by atoms with Gasteiger partial charge in [0.2, 0.25) is 12.1 Å². The maximum atomic E-state index is 12.3. The Morgan fingerprint density at radius 3 is 2.27 bits per heavy atom. The highest BCUT2D eigenvalue weighted by Gasteiger charge is 2.45. The molecule has 37 heavy (non-hydrogen) atoms. The summed E-state index contributed by atoms with van der Waals surface area (Å²) >= 11 is 0. The van der Waals surface area contributed by atoms with Crippen molar-refractivity contribution in [3.63, 3.8) is 0 Å². The zero-order chi connectivity index (χ0) is 26.6. The van der Waals surface area contributed by atoms with E-state index in [2.05, 4.69) is 0 Å². The van der Waals surface area contributed by atoms with Gasteiger partial charge in [0, 0.05) is 29.1 Å². The number of benzene rings is 2. The van der Waals surface area contributed by atoms with Gasteiger partial charge in [0.25, 0.3) is 0 Å². The first-order valence-corrected chi connectivity index (χ1v) is 10.9. The minimum absolute atomic E-state index is 0.0272. The van der Waals surface area contributed by atoms with Gasteiger partial charge in [0.1, 0.15) is 35.6 Å². The molecule has 5 rings (SSSR count). The lowest BCUT2D eigenvalue weighted by Crippen LogP contribution is -2.60. The molecule has 4 aromatic rings. The number of hydrogen-bond acceptors (Lipinski definition) is 12. The van der Waals surface area contributed by atoms with Gasteiger partial charge < -0.3 is 54.1 Å². The number of carbonyl (C=O) groups is 1. The molecule has 0 bridgehead atoms. The first-order valence-electron chi connectivity index (χ1n) is 10.9. The van der Waals surface area contributed by atoms with Crippen LogP contribution >= 0.6 is 0 Å². The number of ether oxygens (including phenoxy) is 2. The predicted octanol–water partition coefficient (Wildman–Crippen LogP) is 0.494. The van der Waals surface area contributed by atoms with Crippen LogP contribution in [-0.4, -0.2) is 79.0 Å². The molecule has 5 atom stereocenters. The summed E-state index contributed by atoms with van der Waals surface area (Å²) in [5.41, 5.74) is -0.657. The number of aliphatic hydroxyl groups is 4. The van der Waals surface area contributed by atoms with E-state index in [1.807, 2.05) is 0 Å². The summed E-state index contributed by atoms with van der Waals surface area (Å²) in [6, 6.07) is 6.82. The van der Waals surface area contributed by atoms with Crippen LogP contribution in [0.15, 0.2) is 50.0 Å². The van der Waals surface area contributed by atoms with Crippen LogP contribution in [-0.2, 0) is 4.74 Å². The number of aromatic carboxylic acids is 1. The normalized spacial score (nSPS) is 23.9. The van der Waals surface area contributed by atoms with Gasteiger partial charge in [-0.25, -0.2) is 4.79 Å². The number of aromatic hydroxyl groups is 2. The summed E-state index contributed by atoms with van der Waals surface area (Å²) in [6.07, 6.45) is -8.28. The quantitative estimate of drug-likeness (QED) is 0.180. The number of phenols is 2. The molecule has 5 unspecified atom stereocenters. The van der Waals surface area contributed by atoms with Crippen LogP contribution in [0.3, 0.4) is 0 Å². The Balaban J connectivity index is 1.81. The van der Waals surface area contributed by atoms with Crippen LogP contribution in [0.25, 0.3) is 33.3 Å². The number of rotatable bonds is 5. The smallest absolute Gasteiger partial charge is 0.371 e. The van der Waals surface area contributed by atoms with Gasteiger partial charge in [-0.05, 0) is 18.2 Å². The SMILES string of the molecule is O=C(O)c1cc2c(OC3OC(CO)C(O)C(O)C3O)c(-c3ccc(O)c(O)c3)oc3cc(=O)cc(o1)c32. The monoisotopic (exact) mass is 516 g/mol. The molecule has 7 N–H and O–H groups in total. The Morgan fingerprint density at radius 1 is 0.919 bits per heavy atom. The third-order valence-corrected chi connectivity index (χ3v) is 6.00. The third-order valence-electron chi connectivity index (χ3n) is 6.00. The first-order chi connectivity index (χ1) is 17.6. The number of carboxylic acid groups (broad SMARTS) is 1. The van der Waals surface area contributed by atoms with Crippen LogP contribution in [0.5, 0.6) is 17.2 Å². The highest BCUT2D eigenvalue weighted by Crippen LogP contribution is 2.44. The van der Waals surface area contributed by atoms with Crippen molar-refractivity contribution in [1.29, 1.82) is 0 Å². The average Bonchev–Trinajstić information content (AvgIpc) is 2.86. The second-order valence-corrected chi connectivity index (χ2v) is 8.40. The van der Waals surface area contributed by atoms with Gasteiger partial charge in [0.05, 0.1) is 12.0 Å². The van der Waals surface area contributed by atoms with Crippen molar-refractivity contribution in [3.8, 4) is 28.6 Å². The molecule has 1 aliphatic heterocycles.